The van der Waals surface area contributed by atoms with Gasteiger partial charge in [0.05, 0.1) is 10.6 Å². The Hall–Kier alpha value is -2.69. The lowest BCUT2D eigenvalue weighted by Crippen LogP contribution is -2.12. The highest BCUT2D eigenvalue weighted by Crippen LogP contribution is 2.33. The molecule has 4 rings (SSSR count). The Bertz CT molecular complexity index is 1090. The molecule has 0 spiro atoms. The third kappa shape index (κ3) is 4.08. The molecule has 0 unspecified atom stereocenters. The predicted octanol–water partition coefficient (Wildman–Crippen LogP) is 5.85. The van der Waals surface area contributed by atoms with Crippen molar-refractivity contribution in [2.45, 2.75) is 6.61 Å². The number of carbonyl (C=O) groups excluding carboxylic acids is 1. The molecule has 0 aliphatic heterocycles. The highest BCUT2D eigenvalue weighted by Gasteiger charge is 2.16. The van der Waals surface area contributed by atoms with Crippen LogP contribution in [0.3, 0.4) is 0 Å². The molecule has 0 fully saturated rings. The normalized spacial score (nSPS) is 11.0. The lowest BCUT2D eigenvalue weighted by molar-refractivity contribution is -0.0494. The molecule has 1 amide bonds. The van der Waals surface area contributed by atoms with Gasteiger partial charge in [-0.15, -0.1) is 34.0 Å². The van der Waals surface area contributed by atoms with Crippen molar-refractivity contribution in [3.63, 3.8) is 0 Å². The number of carbonyl (C=O) groups is 1. The number of thiazole rings is 2. The van der Waals surface area contributed by atoms with Gasteiger partial charge >= 0.3 is 6.61 Å². The van der Waals surface area contributed by atoms with Crippen molar-refractivity contribution in [2.24, 2.45) is 0 Å². The van der Waals surface area contributed by atoms with Crippen LogP contribution in [-0.4, -0.2) is 22.5 Å². The highest BCUT2D eigenvalue weighted by atomic mass is 32.1. The molecule has 10 heteroatoms. The zero-order chi connectivity index (χ0) is 19.5. The maximum absolute atomic E-state index is 12.6. The van der Waals surface area contributed by atoms with Gasteiger partial charge in [-0.1, -0.05) is 18.2 Å². The molecule has 1 aromatic carbocycles. The van der Waals surface area contributed by atoms with E-state index in [1.165, 1.54) is 28.7 Å². The number of alkyl halides is 2. The topological polar surface area (TPSA) is 64.1 Å². The van der Waals surface area contributed by atoms with E-state index in [1.54, 1.807) is 40.3 Å². The Labute approximate surface area is 170 Å². The third-order valence-electron chi connectivity index (χ3n) is 3.57. The first-order valence-corrected chi connectivity index (χ1v) is 10.5. The van der Waals surface area contributed by atoms with Gasteiger partial charge < -0.3 is 4.74 Å². The smallest absolute Gasteiger partial charge is 0.387 e. The molecule has 0 aliphatic carbocycles. The van der Waals surface area contributed by atoms with Gasteiger partial charge in [0, 0.05) is 16.3 Å². The number of nitrogens with one attached hydrogen (secondary N) is 1. The number of nitrogens with zero attached hydrogens (tertiary/aromatic N) is 2. The molecule has 0 bridgehead atoms. The number of aromatic nitrogens is 2. The molecule has 0 aliphatic rings. The number of rotatable bonds is 6. The number of ether oxygens (including phenoxy) is 1. The fourth-order valence-electron chi connectivity index (χ4n) is 2.38. The zero-order valence-electron chi connectivity index (χ0n) is 14.0. The first-order valence-electron chi connectivity index (χ1n) is 7.90. The summed E-state index contributed by atoms with van der Waals surface area (Å²) in [6.07, 6.45) is 0. The van der Waals surface area contributed by atoms with E-state index in [0.717, 1.165) is 9.88 Å². The maximum atomic E-state index is 12.6. The van der Waals surface area contributed by atoms with E-state index in [4.69, 9.17) is 0 Å². The SMILES string of the molecule is O=C(Nc1nc(-c2ccccc2OC(F)F)cs1)c1csc(-c2cccs2)n1. The summed E-state index contributed by atoms with van der Waals surface area (Å²) >= 11 is 4.13. The summed E-state index contributed by atoms with van der Waals surface area (Å²) in [4.78, 5) is 22.1. The molecule has 0 radical (unpaired) electrons. The van der Waals surface area contributed by atoms with Crippen LogP contribution in [0.1, 0.15) is 10.5 Å². The lowest BCUT2D eigenvalue weighted by Gasteiger charge is -2.08. The van der Waals surface area contributed by atoms with Crippen LogP contribution in [0.2, 0.25) is 0 Å². The van der Waals surface area contributed by atoms with Gasteiger partial charge in [0.25, 0.3) is 5.91 Å². The summed E-state index contributed by atoms with van der Waals surface area (Å²) in [5, 5.41) is 9.12. The fraction of sp³-hybridized carbons (Fsp3) is 0.0556. The van der Waals surface area contributed by atoms with Crippen LogP contribution in [0.15, 0.2) is 52.5 Å². The van der Waals surface area contributed by atoms with Crippen molar-refractivity contribution in [3.8, 4) is 26.9 Å². The van der Waals surface area contributed by atoms with E-state index < -0.39 is 6.61 Å². The van der Waals surface area contributed by atoms with Crippen molar-refractivity contribution in [1.29, 1.82) is 0 Å². The summed E-state index contributed by atoms with van der Waals surface area (Å²) in [5.74, 6) is -0.349. The molecule has 28 heavy (non-hydrogen) atoms. The number of thiophene rings is 1. The van der Waals surface area contributed by atoms with Gasteiger partial charge in [-0.3, -0.25) is 10.1 Å². The summed E-state index contributed by atoms with van der Waals surface area (Å²) in [6, 6.07) is 10.2. The molecular formula is C18H11F2N3O2S3. The van der Waals surface area contributed by atoms with Gasteiger partial charge in [-0.2, -0.15) is 8.78 Å². The van der Waals surface area contributed by atoms with Crippen molar-refractivity contribution >= 4 is 45.0 Å². The number of amides is 1. The Morgan fingerprint density at radius 2 is 1.89 bits per heavy atom. The van der Waals surface area contributed by atoms with Gasteiger partial charge in [-0.25, -0.2) is 9.97 Å². The Balaban J connectivity index is 1.50. The molecule has 142 valence electrons. The zero-order valence-corrected chi connectivity index (χ0v) is 16.4. The van der Waals surface area contributed by atoms with Crippen molar-refractivity contribution < 1.29 is 18.3 Å². The Morgan fingerprint density at radius 1 is 1.04 bits per heavy atom. The van der Waals surface area contributed by atoms with Gasteiger partial charge in [0.1, 0.15) is 16.5 Å². The summed E-state index contributed by atoms with van der Waals surface area (Å²) < 4.78 is 29.7. The standard InChI is InChI=1S/C18H11F2N3O2S3/c19-17(20)25-13-5-2-1-4-10(13)11-8-28-18(22-11)23-15(24)12-9-27-16(21-12)14-6-3-7-26-14/h1-9,17H,(H,22,23,24). The van der Waals surface area contributed by atoms with E-state index in [9.17, 15) is 13.6 Å². The summed E-state index contributed by atoms with van der Waals surface area (Å²) in [7, 11) is 0. The van der Waals surface area contributed by atoms with Gasteiger partial charge in [-0.05, 0) is 23.6 Å². The minimum absolute atomic E-state index is 0.0285. The van der Waals surface area contributed by atoms with E-state index >= 15 is 0 Å². The fourth-order valence-corrected chi connectivity index (χ4v) is 4.70. The second-order valence-corrected chi connectivity index (χ2v) is 8.05. The molecule has 3 aromatic heterocycles. The minimum atomic E-state index is -2.93. The first kappa shape index (κ1) is 18.7. The van der Waals surface area contributed by atoms with Crippen LogP contribution in [-0.2, 0) is 0 Å². The predicted molar refractivity (Wildman–Crippen MR) is 108 cm³/mol. The molecule has 0 saturated heterocycles. The second kappa shape index (κ2) is 8.13. The van der Waals surface area contributed by atoms with E-state index in [1.807, 2.05) is 17.5 Å². The largest absolute Gasteiger partial charge is 0.434 e. The number of halogens is 2. The van der Waals surface area contributed by atoms with Gasteiger partial charge in [0.2, 0.25) is 0 Å². The van der Waals surface area contributed by atoms with Crippen LogP contribution in [0.25, 0.3) is 21.1 Å². The molecule has 4 aromatic rings. The van der Waals surface area contributed by atoms with Crippen molar-refractivity contribution in [3.05, 3.63) is 58.2 Å². The van der Waals surface area contributed by atoms with Crippen LogP contribution in [0.5, 0.6) is 5.75 Å². The number of hydrogen-bond donors (Lipinski definition) is 1. The van der Waals surface area contributed by atoms with Crippen LogP contribution < -0.4 is 10.1 Å². The van der Waals surface area contributed by atoms with Crippen molar-refractivity contribution in [2.75, 3.05) is 5.32 Å². The first-order chi connectivity index (χ1) is 13.6. The third-order valence-corrected chi connectivity index (χ3v) is 6.21. The maximum Gasteiger partial charge on any atom is 0.387 e. The monoisotopic (exact) mass is 435 g/mol. The van der Waals surface area contributed by atoms with Crippen molar-refractivity contribution in [1.82, 2.24) is 9.97 Å². The minimum Gasteiger partial charge on any atom is -0.434 e. The highest BCUT2D eigenvalue weighted by molar-refractivity contribution is 7.20. The van der Waals surface area contributed by atoms with Crippen LogP contribution in [0.4, 0.5) is 13.9 Å². The molecule has 0 saturated carbocycles. The molecule has 0 atom stereocenters. The van der Waals surface area contributed by atoms with Crippen LogP contribution >= 0.6 is 34.0 Å². The number of benzene rings is 1. The average Bonchev–Trinajstić information content (AvgIpc) is 3.42. The second-order valence-electron chi connectivity index (χ2n) is 5.38. The number of anilines is 1. The summed E-state index contributed by atoms with van der Waals surface area (Å²) in [5.41, 5.74) is 1.16. The Morgan fingerprint density at radius 3 is 2.68 bits per heavy atom. The molecule has 3 heterocycles. The van der Waals surface area contributed by atoms with Gasteiger partial charge in [0.15, 0.2) is 5.13 Å². The van der Waals surface area contributed by atoms with E-state index in [2.05, 4.69) is 20.0 Å². The molecule has 5 nitrogen and oxygen atoms in total. The molecule has 1 N–H and O–H groups in total. The lowest BCUT2D eigenvalue weighted by atomic mass is 10.1. The van der Waals surface area contributed by atoms with Crippen LogP contribution in [0, 0.1) is 0 Å². The number of para-hydroxylation sites is 1. The molecular weight excluding hydrogens is 424 g/mol. The quantitative estimate of drug-likeness (QED) is 0.413. The Kier molecular flexibility index (Phi) is 5.42. The van der Waals surface area contributed by atoms with E-state index in [0.29, 0.717) is 22.1 Å². The van der Waals surface area contributed by atoms with E-state index in [-0.39, 0.29) is 11.7 Å². The summed E-state index contributed by atoms with van der Waals surface area (Å²) in [6.45, 7) is -2.93. The number of hydrogen-bond acceptors (Lipinski definition) is 7. The average molecular weight is 436 g/mol.